The maximum atomic E-state index is 2.55. The van der Waals surface area contributed by atoms with Gasteiger partial charge >= 0.3 is 0 Å². The maximum Gasteiger partial charge on any atom is 0.0166 e. The Kier molecular flexibility index (Phi) is 80.1. The molecule has 2 heterocycles. The first-order valence-electron chi connectivity index (χ1n) is 25.6. The first kappa shape index (κ1) is 80.2. The van der Waals surface area contributed by atoms with Crippen LogP contribution in [-0.4, -0.2) is 72.1 Å². The molecule has 4 rings (SSSR count). The van der Waals surface area contributed by atoms with E-state index in [1.807, 2.05) is 61.5 Å². The van der Waals surface area contributed by atoms with E-state index in [1.165, 1.54) is 76.8 Å². The Bertz CT molecular complexity index is 801. The summed E-state index contributed by atoms with van der Waals surface area (Å²) < 4.78 is 0. The van der Waals surface area contributed by atoms with Crippen LogP contribution in [0.2, 0.25) is 0 Å². The fourth-order valence-electron chi connectivity index (χ4n) is 5.54. The van der Waals surface area contributed by atoms with Crippen LogP contribution in [0.15, 0.2) is 42.5 Å². The Labute approximate surface area is 394 Å². The van der Waals surface area contributed by atoms with E-state index < -0.39 is 0 Å². The molecular formula is C58H129N3. The highest BCUT2D eigenvalue weighted by Crippen LogP contribution is 2.29. The molecule has 1 aliphatic carbocycles. The molecule has 1 saturated carbocycles. The summed E-state index contributed by atoms with van der Waals surface area (Å²) in [4.78, 5) is 7.58. The van der Waals surface area contributed by atoms with E-state index in [0.717, 1.165) is 54.3 Å². The van der Waals surface area contributed by atoms with Gasteiger partial charge in [0.05, 0.1) is 0 Å². The van der Waals surface area contributed by atoms with Crippen LogP contribution in [0.25, 0.3) is 0 Å². The molecule has 0 amide bonds. The van der Waals surface area contributed by atoms with Crippen LogP contribution >= 0.6 is 0 Å². The third-order valence-corrected chi connectivity index (χ3v) is 8.69. The summed E-state index contributed by atoms with van der Waals surface area (Å²) in [5, 5.41) is 0. The van der Waals surface area contributed by atoms with Gasteiger partial charge in [0.25, 0.3) is 0 Å². The van der Waals surface area contributed by atoms with Crippen LogP contribution < -0.4 is 0 Å². The molecule has 0 aromatic heterocycles. The monoisotopic (exact) mass is 868 g/mol. The van der Waals surface area contributed by atoms with Gasteiger partial charge in [0, 0.05) is 57.4 Å². The van der Waals surface area contributed by atoms with Crippen LogP contribution in [-0.2, 0) is 0 Å². The number of piperazine rings is 1. The van der Waals surface area contributed by atoms with Gasteiger partial charge in [-0.05, 0) is 89.0 Å². The molecule has 1 aromatic rings. The fourth-order valence-corrected chi connectivity index (χ4v) is 5.54. The Morgan fingerprint density at radius 3 is 0.902 bits per heavy atom. The fraction of sp³-hybridized carbons (Fsp3) is 0.862. The van der Waals surface area contributed by atoms with Crippen LogP contribution in [0.4, 0.5) is 0 Å². The predicted octanol–water partition coefficient (Wildman–Crippen LogP) is 19.5. The molecule has 2 aliphatic heterocycles. The molecule has 376 valence electrons. The van der Waals surface area contributed by atoms with E-state index in [-0.39, 0.29) is 14.9 Å². The second-order valence-electron chi connectivity index (χ2n) is 18.5. The summed E-state index contributed by atoms with van der Waals surface area (Å²) in [6.07, 6.45) is 13.2. The summed E-state index contributed by atoms with van der Waals surface area (Å²) in [7, 11) is 0. The third-order valence-electron chi connectivity index (χ3n) is 8.69. The van der Waals surface area contributed by atoms with Gasteiger partial charge in [-0.2, -0.15) is 0 Å². The van der Waals surface area contributed by atoms with Gasteiger partial charge in [-0.15, -0.1) is 0 Å². The molecule has 3 aliphatic rings. The summed E-state index contributed by atoms with van der Waals surface area (Å²) in [6.45, 7) is 65.6. The Morgan fingerprint density at radius 1 is 0.410 bits per heavy atom. The van der Waals surface area contributed by atoms with Crippen molar-refractivity contribution >= 4 is 0 Å². The van der Waals surface area contributed by atoms with Crippen molar-refractivity contribution in [2.75, 3.05) is 39.3 Å². The molecule has 3 heteroatoms. The molecule has 0 N–H and O–H groups in total. The minimum absolute atomic E-state index is 0. The van der Waals surface area contributed by atoms with Crippen LogP contribution in [0.5, 0.6) is 0 Å². The van der Waals surface area contributed by atoms with Crippen molar-refractivity contribution in [3.63, 3.8) is 0 Å². The van der Waals surface area contributed by atoms with Gasteiger partial charge < -0.3 is 0 Å². The standard InChI is InChI=1S/C10H22N2.C9H18.C9H12.C8H15N.3C4H10.4C2H6.2CH4/c1-9(2)11-5-7-12(8-6-11)10(3)4;3*1-8(2)9-6-4-3-5-7-9;3*1-4(2)3;4*1-2;;/h9-10H,5-8H2,1-4H3;8-9H,3-7H2,1-2H3;3-8H,1-2H3;3-4,8H,5-7H2,1-2H3;3*4H,1-3H3;4*1-2H3;2*1H4. The predicted molar refractivity (Wildman–Crippen MR) is 296 cm³/mol. The van der Waals surface area contributed by atoms with Crippen LogP contribution in [0, 0.1) is 29.6 Å². The number of hydrogen-bond acceptors (Lipinski definition) is 3. The van der Waals surface area contributed by atoms with Crippen molar-refractivity contribution in [1.82, 2.24) is 14.7 Å². The molecule has 61 heavy (non-hydrogen) atoms. The minimum Gasteiger partial charge on any atom is -0.298 e. The SMILES string of the molecule is C.C.CC.CC.CC.CC.CC(C)C.CC(C)C.CC(C)C.CC(C)C1CCCCC1.CC(C)N1CC=CCC1.CC(C)N1CCN(C(C)C)CC1.CC(C)c1ccccc1. The zero-order chi connectivity index (χ0) is 47.9. The molecule has 1 aromatic carbocycles. The zero-order valence-electron chi connectivity index (χ0n) is 46.6. The summed E-state index contributed by atoms with van der Waals surface area (Å²) >= 11 is 0. The molecule has 0 radical (unpaired) electrons. The van der Waals surface area contributed by atoms with Gasteiger partial charge in [0.1, 0.15) is 0 Å². The first-order valence-corrected chi connectivity index (χ1v) is 25.6. The van der Waals surface area contributed by atoms with Crippen molar-refractivity contribution in [1.29, 1.82) is 0 Å². The topological polar surface area (TPSA) is 9.72 Å². The molecular weight excluding hydrogens is 739 g/mol. The lowest BCUT2D eigenvalue weighted by Crippen LogP contribution is -2.50. The van der Waals surface area contributed by atoms with E-state index in [9.17, 15) is 0 Å². The molecule has 1 saturated heterocycles. The number of rotatable bonds is 5. The van der Waals surface area contributed by atoms with Crippen molar-refractivity contribution in [3.05, 3.63) is 48.0 Å². The Hall–Kier alpha value is -1.16. The van der Waals surface area contributed by atoms with Crippen molar-refractivity contribution < 1.29 is 0 Å². The number of benzene rings is 1. The van der Waals surface area contributed by atoms with Gasteiger partial charge in [-0.25, -0.2) is 0 Å². The molecule has 0 spiro atoms. The average molecular weight is 869 g/mol. The number of nitrogens with zero attached hydrogens (tertiary/aromatic N) is 3. The van der Waals surface area contributed by atoms with E-state index in [4.69, 9.17) is 0 Å². The lowest BCUT2D eigenvalue weighted by molar-refractivity contribution is 0.0887. The second kappa shape index (κ2) is 60.9. The molecule has 3 nitrogen and oxygen atoms in total. The van der Waals surface area contributed by atoms with Crippen molar-refractivity contribution in [2.45, 2.75) is 264 Å². The average Bonchev–Trinajstić information content (AvgIpc) is 3.22. The smallest absolute Gasteiger partial charge is 0.0166 e. The van der Waals surface area contributed by atoms with Gasteiger partial charge in [0.15, 0.2) is 0 Å². The quantitative estimate of drug-likeness (QED) is 0.273. The molecule has 0 atom stereocenters. The van der Waals surface area contributed by atoms with E-state index >= 15 is 0 Å². The normalized spacial score (nSPS) is 14.6. The van der Waals surface area contributed by atoms with Gasteiger partial charge in [-0.1, -0.05) is 235 Å². The highest BCUT2D eigenvalue weighted by Gasteiger charge is 2.20. The van der Waals surface area contributed by atoms with E-state index in [2.05, 4.69) is 183 Å². The highest BCUT2D eigenvalue weighted by molar-refractivity contribution is 5.17. The first-order chi connectivity index (χ1) is 27.7. The molecule has 0 bridgehead atoms. The van der Waals surface area contributed by atoms with E-state index in [0.29, 0.717) is 5.92 Å². The third kappa shape index (κ3) is 68.1. The van der Waals surface area contributed by atoms with Gasteiger partial charge in [-0.3, -0.25) is 14.7 Å². The molecule has 0 unspecified atom stereocenters. The van der Waals surface area contributed by atoms with Crippen LogP contribution in [0.1, 0.15) is 252 Å². The lowest BCUT2D eigenvalue weighted by Gasteiger charge is -2.38. The molecule has 2 fully saturated rings. The highest BCUT2D eigenvalue weighted by atomic mass is 15.3. The summed E-state index contributed by atoms with van der Waals surface area (Å²) in [5.41, 5.74) is 1.41. The van der Waals surface area contributed by atoms with Crippen molar-refractivity contribution in [3.8, 4) is 0 Å². The van der Waals surface area contributed by atoms with E-state index in [1.54, 1.807) is 0 Å². The lowest BCUT2D eigenvalue weighted by atomic mass is 9.82. The Balaban J connectivity index is -0.0000000735. The van der Waals surface area contributed by atoms with Crippen molar-refractivity contribution in [2.24, 2.45) is 29.6 Å². The zero-order valence-corrected chi connectivity index (χ0v) is 46.6. The van der Waals surface area contributed by atoms with Gasteiger partial charge in [0.2, 0.25) is 0 Å². The summed E-state index contributed by atoms with van der Waals surface area (Å²) in [6, 6.07) is 12.7. The summed E-state index contributed by atoms with van der Waals surface area (Å²) in [5.74, 6) is 5.15. The largest absolute Gasteiger partial charge is 0.298 e. The minimum atomic E-state index is 0. The van der Waals surface area contributed by atoms with Crippen LogP contribution in [0.3, 0.4) is 0 Å². The maximum absolute atomic E-state index is 2.55. The number of hydrogen-bond donors (Lipinski definition) is 0. The second-order valence-corrected chi connectivity index (χ2v) is 18.5. The Morgan fingerprint density at radius 2 is 0.721 bits per heavy atom.